The normalized spacial score (nSPS) is 15.7. The van der Waals surface area contributed by atoms with Crippen LogP contribution in [0.4, 0.5) is 0 Å². The van der Waals surface area contributed by atoms with Crippen LogP contribution in [0, 0.1) is 18.8 Å². The fourth-order valence-corrected chi connectivity index (χ4v) is 4.86. The molecule has 35 heavy (non-hydrogen) atoms. The maximum absolute atomic E-state index is 12.3. The van der Waals surface area contributed by atoms with Gasteiger partial charge in [0.05, 0.1) is 11.0 Å². The van der Waals surface area contributed by atoms with Crippen LogP contribution in [0.1, 0.15) is 44.2 Å². The molecule has 188 valence electrons. The molecule has 8 nitrogen and oxygen atoms in total. The number of benzene rings is 1. The lowest BCUT2D eigenvalue weighted by Crippen LogP contribution is -2.37. The number of nitrogens with one attached hydrogen (secondary N) is 1. The number of hydrogen-bond acceptors (Lipinski definition) is 5. The van der Waals surface area contributed by atoms with Crippen molar-refractivity contribution in [2.45, 2.75) is 59.2 Å². The zero-order valence-corrected chi connectivity index (χ0v) is 21.1. The van der Waals surface area contributed by atoms with Gasteiger partial charge in [0, 0.05) is 50.7 Å². The summed E-state index contributed by atoms with van der Waals surface area (Å²) in [7, 11) is 1.77. The molecule has 2 N–H and O–H groups in total. The fourth-order valence-electron chi connectivity index (χ4n) is 4.86. The van der Waals surface area contributed by atoms with Gasteiger partial charge in [0.2, 0.25) is 0 Å². The summed E-state index contributed by atoms with van der Waals surface area (Å²) in [6.07, 6.45) is 4.45. The highest BCUT2D eigenvalue weighted by molar-refractivity contribution is 5.81. The molecule has 2 aromatic heterocycles. The molecule has 0 radical (unpaired) electrons. The van der Waals surface area contributed by atoms with Crippen LogP contribution in [-0.2, 0) is 29.7 Å². The monoisotopic (exact) mass is 480 g/mol. The number of ether oxygens (including phenoxy) is 1. The number of carbonyl (C=O) groups is 1. The second-order valence-corrected chi connectivity index (χ2v) is 10.2. The van der Waals surface area contributed by atoms with E-state index in [-0.39, 0.29) is 5.56 Å². The predicted molar refractivity (Wildman–Crippen MR) is 136 cm³/mol. The first-order valence-corrected chi connectivity index (χ1v) is 12.4. The molecule has 3 heterocycles. The number of aliphatic carboxylic acids is 1. The van der Waals surface area contributed by atoms with Crippen molar-refractivity contribution in [3.63, 3.8) is 0 Å². The predicted octanol–water partition coefficient (Wildman–Crippen LogP) is 3.73. The van der Waals surface area contributed by atoms with Crippen LogP contribution >= 0.6 is 0 Å². The molecule has 0 bridgehead atoms. The summed E-state index contributed by atoms with van der Waals surface area (Å²) < 4.78 is 9.43. The fraction of sp³-hybridized carbons (Fsp3) is 0.519. The lowest BCUT2D eigenvalue weighted by Gasteiger charge is -2.23. The Hall–Kier alpha value is -2.97. The highest BCUT2D eigenvalue weighted by Gasteiger charge is 2.21. The first kappa shape index (κ1) is 25.1. The Morgan fingerprint density at radius 2 is 2.00 bits per heavy atom. The van der Waals surface area contributed by atoms with Crippen molar-refractivity contribution < 1.29 is 14.6 Å². The van der Waals surface area contributed by atoms with Gasteiger partial charge in [0.15, 0.2) is 0 Å². The van der Waals surface area contributed by atoms with Crippen molar-refractivity contribution in [1.29, 1.82) is 0 Å². The van der Waals surface area contributed by atoms with E-state index in [0.717, 1.165) is 60.6 Å². The van der Waals surface area contributed by atoms with Crippen molar-refractivity contribution in [3.8, 4) is 11.4 Å². The van der Waals surface area contributed by atoms with Crippen molar-refractivity contribution in [3.05, 3.63) is 51.9 Å². The lowest BCUT2D eigenvalue weighted by atomic mass is 10.00. The minimum atomic E-state index is -0.826. The van der Waals surface area contributed by atoms with Gasteiger partial charge < -0.3 is 24.3 Å². The number of hydrogen-bond donors (Lipinski definition) is 2. The molecule has 8 heteroatoms. The van der Waals surface area contributed by atoms with Crippen molar-refractivity contribution >= 4 is 17.0 Å². The van der Waals surface area contributed by atoms with E-state index in [1.807, 2.05) is 45.2 Å². The van der Waals surface area contributed by atoms with Gasteiger partial charge in [-0.3, -0.25) is 9.59 Å². The number of aryl methyl sites for hydroxylation is 2. The average molecular weight is 481 g/mol. The largest absolute Gasteiger partial charge is 0.480 e. The Morgan fingerprint density at radius 3 is 2.66 bits per heavy atom. The summed E-state index contributed by atoms with van der Waals surface area (Å²) >= 11 is 0. The smallest absolute Gasteiger partial charge is 0.320 e. The van der Waals surface area contributed by atoms with E-state index in [1.54, 1.807) is 11.6 Å². The average Bonchev–Trinajstić information content (AvgIpc) is 3.17. The van der Waals surface area contributed by atoms with Gasteiger partial charge in [0.25, 0.3) is 5.56 Å². The lowest BCUT2D eigenvalue weighted by molar-refractivity contribution is -0.140. The Kier molecular flexibility index (Phi) is 7.72. The highest BCUT2D eigenvalue weighted by atomic mass is 16.5. The molecule has 0 aliphatic carbocycles. The standard InChI is InChI=1S/C27H36N4O4/c1-17(2)11-23(27(33)34)28-14-20-5-6-24-22(13-20)29-25(21-12-18(3)26(32)30(4)16-21)31(24)15-19-7-9-35-10-8-19/h5-6,12-13,16-17,19,23,28H,7-11,14-15H2,1-4H3,(H,33,34)/t23-/m0/s1. The second kappa shape index (κ2) is 10.7. The first-order chi connectivity index (χ1) is 16.7. The van der Waals surface area contributed by atoms with Crippen LogP contribution in [-0.4, -0.2) is 44.4 Å². The zero-order valence-electron chi connectivity index (χ0n) is 21.1. The quantitative estimate of drug-likeness (QED) is 0.484. The Morgan fingerprint density at radius 1 is 1.26 bits per heavy atom. The summed E-state index contributed by atoms with van der Waals surface area (Å²) in [4.78, 5) is 28.9. The Bertz CT molecular complexity index is 1230. The molecule has 4 rings (SSSR count). The summed E-state index contributed by atoms with van der Waals surface area (Å²) in [5.74, 6) is 0.813. The van der Waals surface area contributed by atoms with Gasteiger partial charge in [-0.2, -0.15) is 0 Å². The van der Waals surface area contributed by atoms with E-state index in [9.17, 15) is 14.7 Å². The molecule has 0 unspecified atom stereocenters. The van der Waals surface area contributed by atoms with Crippen molar-refractivity contribution in [1.82, 2.24) is 19.4 Å². The van der Waals surface area contributed by atoms with Crippen molar-refractivity contribution in [2.24, 2.45) is 18.9 Å². The summed E-state index contributed by atoms with van der Waals surface area (Å²) in [6, 6.07) is 7.49. The molecular formula is C27H36N4O4. The number of imidazole rings is 1. The first-order valence-electron chi connectivity index (χ1n) is 12.4. The van der Waals surface area contributed by atoms with E-state index >= 15 is 0 Å². The number of aromatic nitrogens is 3. The number of carboxylic acid groups (broad SMARTS) is 1. The third kappa shape index (κ3) is 5.82. The van der Waals surface area contributed by atoms with Crippen molar-refractivity contribution in [2.75, 3.05) is 13.2 Å². The summed E-state index contributed by atoms with van der Waals surface area (Å²) in [6.45, 7) is 8.74. The van der Waals surface area contributed by atoms with Gasteiger partial charge in [-0.05, 0) is 61.8 Å². The molecule has 1 saturated heterocycles. The van der Waals surface area contributed by atoms with E-state index < -0.39 is 12.0 Å². The highest BCUT2D eigenvalue weighted by Crippen LogP contribution is 2.29. The Labute approximate surface area is 205 Å². The van der Waals surface area contributed by atoms with E-state index in [2.05, 4.69) is 16.0 Å². The number of fused-ring (bicyclic) bond motifs is 1. The molecule has 1 atom stereocenters. The van der Waals surface area contributed by atoms with Crippen LogP contribution in [0.25, 0.3) is 22.4 Å². The number of carboxylic acids is 1. The van der Waals surface area contributed by atoms with Gasteiger partial charge in [0.1, 0.15) is 11.9 Å². The maximum atomic E-state index is 12.3. The molecule has 0 saturated carbocycles. The van der Waals surface area contributed by atoms with Gasteiger partial charge in [-0.15, -0.1) is 0 Å². The number of rotatable bonds is 9. The van der Waals surface area contributed by atoms with Gasteiger partial charge in [-0.1, -0.05) is 19.9 Å². The van der Waals surface area contributed by atoms with Crippen LogP contribution < -0.4 is 10.9 Å². The van der Waals surface area contributed by atoms with E-state index in [0.29, 0.717) is 30.4 Å². The third-order valence-corrected chi connectivity index (χ3v) is 6.77. The number of pyridine rings is 1. The molecule has 0 spiro atoms. The minimum absolute atomic E-state index is 0.0106. The van der Waals surface area contributed by atoms with Crippen LogP contribution in [0.15, 0.2) is 35.3 Å². The molecule has 1 aliphatic rings. The van der Waals surface area contributed by atoms with Crippen LogP contribution in [0.2, 0.25) is 0 Å². The van der Waals surface area contributed by atoms with Crippen LogP contribution in [0.5, 0.6) is 0 Å². The molecule has 1 aromatic carbocycles. The van der Waals surface area contributed by atoms with E-state index in [4.69, 9.17) is 9.72 Å². The Balaban J connectivity index is 1.69. The topological polar surface area (TPSA) is 98.4 Å². The van der Waals surface area contributed by atoms with Gasteiger partial charge >= 0.3 is 5.97 Å². The zero-order chi connectivity index (χ0) is 25.1. The van der Waals surface area contributed by atoms with Crippen LogP contribution in [0.3, 0.4) is 0 Å². The molecule has 1 fully saturated rings. The number of nitrogens with zero attached hydrogens (tertiary/aromatic N) is 3. The van der Waals surface area contributed by atoms with E-state index in [1.165, 1.54) is 0 Å². The van der Waals surface area contributed by atoms with Gasteiger partial charge in [-0.25, -0.2) is 4.98 Å². The molecular weight excluding hydrogens is 444 g/mol. The maximum Gasteiger partial charge on any atom is 0.320 e. The molecule has 3 aromatic rings. The third-order valence-electron chi connectivity index (χ3n) is 6.77. The SMILES string of the molecule is Cc1cc(-c2nc3cc(CN[C@@H](CC(C)C)C(=O)O)ccc3n2CC2CCOCC2)cn(C)c1=O. The minimum Gasteiger partial charge on any atom is -0.480 e. The molecule has 1 aliphatic heterocycles. The summed E-state index contributed by atoms with van der Waals surface area (Å²) in [5.41, 5.74) is 4.49. The molecule has 0 amide bonds. The second-order valence-electron chi connectivity index (χ2n) is 10.2. The summed E-state index contributed by atoms with van der Waals surface area (Å²) in [5, 5.41) is 12.7.